The Kier molecular flexibility index (Phi) is 14.3. The van der Waals surface area contributed by atoms with Gasteiger partial charge in [-0.05, 0) is 70.3 Å². The molecule has 3 aromatic rings. The number of pyridine rings is 1. The lowest BCUT2D eigenvalue weighted by Gasteiger charge is -2.40. The van der Waals surface area contributed by atoms with E-state index in [4.69, 9.17) is 24.5 Å². The highest BCUT2D eigenvalue weighted by molar-refractivity contribution is 5.95. The molecular weight excluding hydrogens is 670 g/mol. The number of aromatic nitrogens is 1. The van der Waals surface area contributed by atoms with Gasteiger partial charge in [-0.2, -0.15) is 26.3 Å². The molecule has 3 atom stereocenters. The lowest BCUT2D eigenvalue weighted by Crippen LogP contribution is -2.58. The number of ether oxygens (including phenoxy) is 1. The minimum atomic E-state index is -5.08. The van der Waals surface area contributed by atoms with Gasteiger partial charge in [0, 0.05) is 28.2 Å². The van der Waals surface area contributed by atoms with Crippen LogP contribution >= 0.6 is 0 Å². The van der Waals surface area contributed by atoms with Crippen LogP contribution < -0.4 is 15.5 Å². The van der Waals surface area contributed by atoms with Crippen LogP contribution in [0.25, 0.3) is 10.9 Å². The molecule has 268 valence electrons. The zero-order chi connectivity index (χ0) is 37.1. The number of carboxylic acid groups (broad SMARTS) is 2. The summed E-state index contributed by atoms with van der Waals surface area (Å²) < 4.78 is 69.5. The Morgan fingerprint density at radius 1 is 0.918 bits per heavy atom. The van der Waals surface area contributed by atoms with Gasteiger partial charge in [-0.1, -0.05) is 24.6 Å². The second-order valence-corrected chi connectivity index (χ2v) is 10.9. The van der Waals surface area contributed by atoms with Crippen LogP contribution in [0.5, 0.6) is 5.75 Å². The van der Waals surface area contributed by atoms with Gasteiger partial charge >= 0.3 is 24.3 Å². The largest absolute Gasteiger partial charge is 0.490 e. The van der Waals surface area contributed by atoms with E-state index < -0.39 is 42.2 Å². The number of aryl methyl sites for hydroxylation is 1. The van der Waals surface area contributed by atoms with Gasteiger partial charge in [0.1, 0.15) is 12.4 Å². The number of fused-ring (bicyclic) bond motifs is 1. The molecule has 5 N–H and O–H groups in total. The number of benzene rings is 2. The highest BCUT2D eigenvalue weighted by atomic mass is 19.4. The summed E-state index contributed by atoms with van der Waals surface area (Å²) in [6.45, 7) is 2.35. The van der Waals surface area contributed by atoms with Crippen LogP contribution in [-0.2, 0) is 21.0 Å². The fourth-order valence-corrected chi connectivity index (χ4v) is 4.94. The smallest absolute Gasteiger partial charge is 0.489 e. The summed E-state index contributed by atoms with van der Waals surface area (Å²) in [5.41, 5.74) is 5.16. The molecule has 1 aromatic heterocycles. The van der Waals surface area contributed by atoms with E-state index in [9.17, 15) is 41.1 Å². The number of halogens is 6. The average Bonchev–Trinajstić information content (AvgIpc) is 3.03. The summed E-state index contributed by atoms with van der Waals surface area (Å²) >= 11 is 0. The molecule has 1 heterocycles. The molecule has 2 amide bonds. The number of likely N-dealkylation sites (N-methyl/N-ethyl adjacent to an activating group) is 1. The van der Waals surface area contributed by atoms with Crippen molar-refractivity contribution in [1.82, 2.24) is 20.7 Å². The molecule has 18 heteroatoms. The second-order valence-electron chi connectivity index (χ2n) is 10.9. The predicted molar refractivity (Wildman–Crippen MR) is 161 cm³/mol. The van der Waals surface area contributed by atoms with Crippen molar-refractivity contribution in [1.29, 1.82) is 0 Å². The highest BCUT2D eigenvalue weighted by Crippen LogP contribution is 2.28. The molecule has 0 saturated heterocycles. The molecule has 0 unspecified atom stereocenters. The number of amides is 2. The Hall–Kier alpha value is -4.97. The number of carbonyl (C=O) groups excluding carboxylic acids is 2. The highest BCUT2D eigenvalue weighted by Gasteiger charge is 2.40. The van der Waals surface area contributed by atoms with Crippen LogP contribution in [0.4, 0.5) is 26.3 Å². The van der Waals surface area contributed by atoms with Crippen LogP contribution in [0.15, 0.2) is 54.6 Å². The van der Waals surface area contributed by atoms with Gasteiger partial charge in [0.15, 0.2) is 0 Å². The SMILES string of the molecule is Cc1cc(COc2ccc(C(=O)N[C@H]3[C@H](N(C)C)CCC[C@H]3C(=O)NO)cc2)c2ccccc2n1.O=C(O)C(F)(F)F.O=C(O)C(F)(F)F. The van der Waals surface area contributed by atoms with E-state index in [1.165, 1.54) is 0 Å². The Bertz CT molecular complexity index is 1580. The third-order valence-electron chi connectivity index (χ3n) is 7.20. The van der Waals surface area contributed by atoms with Gasteiger partial charge in [-0.25, -0.2) is 15.1 Å². The van der Waals surface area contributed by atoms with Gasteiger partial charge in [-0.3, -0.25) is 19.8 Å². The molecule has 1 fully saturated rings. The zero-order valence-electron chi connectivity index (χ0n) is 26.3. The van der Waals surface area contributed by atoms with Crippen LogP contribution in [0.3, 0.4) is 0 Å². The number of rotatable bonds is 7. The van der Waals surface area contributed by atoms with Gasteiger partial charge in [-0.15, -0.1) is 0 Å². The molecule has 0 bridgehead atoms. The molecule has 49 heavy (non-hydrogen) atoms. The van der Waals surface area contributed by atoms with Crippen LogP contribution in [0.1, 0.15) is 40.9 Å². The summed E-state index contributed by atoms with van der Waals surface area (Å²) in [5, 5.41) is 27.5. The molecule has 1 saturated carbocycles. The first-order valence-electron chi connectivity index (χ1n) is 14.4. The van der Waals surface area contributed by atoms with E-state index in [0.29, 0.717) is 24.3 Å². The summed E-state index contributed by atoms with van der Waals surface area (Å²) in [5.74, 6) is -6.08. The van der Waals surface area contributed by atoms with Gasteiger partial charge in [0.2, 0.25) is 5.91 Å². The van der Waals surface area contributed by atoms with E-state index in [1.54, 1.807) is 29.7 Å². The van der Waals surface area contributed by atoms with Crippen molar-refractivity contribution in [3.63, 3.8) is 0 Å². The van der Waals surface area contributed by atoms with Crippen molar-refractivity contribution in [3.05, 3.63) is 71.4 Å². The average molecular weight is 705 g/mol. The zero-order valence-corrected chi connectivity index (χ0v) is 26.3. The topological polar surface area (TPSA) is 178 Å². The first kappa shape index (κ1) is 40.2. The fourth-order valence-electron chi connectivity index (χ4n) is 4.94. The normalized spacial score (nSPS) is 17.5. The molecule has 0 radical (unpaired) electrons. The maximum atomic E-state index is 13.0. The minimum Gasteiger partial charge on any atom is -0.489 e. The second kappa shape index (κ2) is 17.4. The number of carbonyl (C=O) groups is 4. The number of hydrogen-bond donors (Lipinski definition) is 5. The molecule has 1 aliphatic rings. The van der Waals surface area contributed by atoms with Crippen LogP contribution in [0, 0.1) is 12.8 Å². The third-order valence-corrected chi connectivity index (χ3v) is 7.20. The van der Waals surface area contributed by atoms with E-state index in [-0.39, 0.29) is 11.9 Å². The van der Waals surface area contributed by atoms with Gasteiger partial charge < -0.3 is 25.2 Å². The summed E-state index contributed by atoms with van der Waals surface area (Å²) in [6, 6.07) is 16.6. The molecular formula is C31H34F6N4O8. The number of carboxylic acids is 2. The first-order valence-corrected chi connectivity index (χ1v) is 14.4. The van der Waals surface area contributed by atoms with E-state index >= 15 is 0 Å². The van der Waals surface area contributed by atoms with Crippen molar-refractivity contribution in [2.24, 2.45) is 5.92 Å². The standard InChI is InChI=1S/C27H32N4O4.2C2HF3O2/c1-17-15-19(21-7-4-5-9-23(21)28-17)16-35-20-13-11-18(12-14-20)26(32)29-25-22(27(33)30-34)8-6-10-24(25)31(2)3;2*3-2(4,5)1(6)7/h4-5,7,9,11-15,22,24-25,34H,6,8,10,16H2,1-3H3,(H,29,32)(H,30,33);2*(H,6,7)/t22-,24-,25-;;/m1../s1. The summed E-state index contributed by atoms with van der Waals surface area (Å²) in [7, 11) is 3.87. The van der Waals surface area contributed by atoms with Crippen molar-refractivity contribution in [2.45, 2.75) is 57.2 Å². The van der Waals surface area contributed by atoms with Gasteiger partial charge in [0.05, 0.1) is 17.5 Å². The first-order chi connectivity index (χ1) is 22.8. The maximum Gasteiger partial charge on any atom is 0.490 e. The molecule has 4 rings (SSSR count). The molecule has 0 aliphatic heterocycles. The van der Waals surface area contributed by atoms with Crippen molar-refractivity contribution >= 4 is 34.7 Å². The quantitative estimate of drug-likeness (QED) is 0.131. The maximum absolute atomic E-state index is 13.0. The number of aliphatic carboxylic acids is 2. The summed E-state index contributed by atoms with van der Waals surface area (Å²) in [6.07, 6.45) is -7.84. The molecule has 1 aliphatic carbocycles. The Labute approximate surface area is 275 Å². The number of alkyl halides is 6. The lowest BCUT2D eigenvalue weighted by atomic mass is 9.79. The number of nitrogens with one attached hydrogen (secondary N) is 2. The summed E-state index contributed by atoms with van der Waals surface area (Å²) in [4.78, 5) is 49.7. The Balaban J connectivity index is 0.000000500. The molecule has 2 aromatic carbocycles. The molecule has 12 nitrogen and oxygen atoms in total. The number of hydrogen-bond acceptors (Lipinski definition) is 8. The van der Waals surface area contributed by atoms with E-state index in [1.807, 2.05) is 56.3 Å². The Morgan fingerprint density at radius 3 is 1.98 bits per heavy atom. The number of para-hydroxylation sites is 1. The van der Waals surface area contributed by atoms with Gasteiger partial charge in [0.25, 0.3) is 5.91 Å². The number of nitrogens with zero attached hydrogens (tertiary/aromatic N) is 2. The van der Waals surface area contributed by atoms with Crippen molar-refractivity contribution in [2.75, 3.05) is 14.1 Å². The monoisotopic (exact) mass is 704 g/mol. The lowest BCUT2D eigenvalue weighted by molar-refractivity contribution is -0.193. The molecule has 0 spiro atoms. The third kappa shape index (κ3) is 12.2. The fraction of sp³-hybridized carbons (Fsp3) is 0.387. The van der Waals surface area contributed by atoms with E-state index in [0.717, 1.165) is 35.0 Å². The Morgan fingerprint density at radius 2 is 1.47 bits per heavy atom. The van der Waals surface area contributed by atoms with Crippen LogP contribution in [-0.4, -0.2) is 87.6 Å². The van der Waals surface area contributed by atoms with Crippen LogP contribution in [0.2, 0.25) is 0 Å². The van der Waals surface area contributed by atoms with Crippen molar-refractivity contribution in [3.8, 4) is 5.75 Å². The van der Waals surface area contributed by atoms with E-state index in [2.05, 4.69) is 10.3 Å². The number of hydroxylamine groups is 1. The van der Waals surface area contributed by atoms with Crippen molar-refractivity contribution < 1.29 is 65.7 Å². The predicted octanol–water partition coefficient (Wildman–Crippen LogP) is 4.72. The minimum absolute atomic E-state index is 0.00347.